The van der Waals surface area contributed by atoms with E-state index in [1.165, 1.54) is 0 Å². The summed E-state index contributed by atoms with van der Waals surface area (Å²) in [6.45, 7) is 4.72. The standard InChI is InChI=1S/C9H16N2O3/c1-6-3-4-11(7(6)2)8(12)5-10-9(13)14/h6-7,10H,3-5H2,1-2H3,(H,13,14)/t6-,7-/m1/s1. The molecule has 2 N–H and O–H groups in total. The van der Waals surface area contributed by atoms with E-state index in [1.54, 1.807) is 4.90 Å². The molecule has 0 saturated carbocycles. The van der Waals surface area contributed by atoms with Crippen LogP contribution in [0, 0.1) is 5.92 Å². The second kappa shape index (κ2) is 4.30. The third-order valence-corrected chi connectivity index (χ3v) is 2.85. The van der Waals surface area contributed by atoms with E-state index in [0.717, 1.165) is 13.0 Å². The molecule has 1 fully saturated rings. The van der Waals surface area contributed by atoms with E-state index in [0.29, 0.717) is 5.92 Å². The Morgan fingerprint density at radius 3 is 2.57 bits per heavy atom. The lowest BCUT2D eigenvalue weighted by atomic mass is 10.1. The molecular formula is C9H16N2O3. The Labute approximate surface area is 83.1 Å². The fraction of sp³-hybridized carbons (Fsp3) is 0.778. The minimum atomic E-state index is -1.15. The van der Waals surface area contributed by atoms with Crippen LogP contribution in [0.25, 0.3) is 0 Å². The fourth-order valence-electron chi connectivity index (χ4n) is 1.70. The van der Waals surface area contributed by atoms with Crippen molar-refractivity contribution in [3.63, 3.8) is 0 Å². The monoisotopic (exact) mass is 200 g/mol. The highest BCUT2D eigenvalue weighted by Crippen LogP contribution is 2.22. The molecule has 0 spiro atoms. The second-order valence-electron chi connectivity index (χ2n) is 3.75. The molecule has 0 aromatic heterocycles. The first kappa shape index (κ1) is 10.8. The summed E-state index contributed by atoms with van der Waals surface area (Å²) in [7, 11) is 0. The predicted molar refractivity (Wildman–Crippen MR) is 51.0 cm³/mol. The molecule has 1 rings (SSSR count). The van der Waals surface area contributed by atoms with E-state index in [2.05, 4.69) is 12.2 Å². The summed E-state index contributed by atoms with van der Waals surface area (Å²) in [6, 6.07) is 0.220. The van der Waals surface area contributed by atoms with Crippen LogP contribution in [0.15, 0.2) is 0 Å². The van der Waals surface area contributed by atoms with E-state index in [-0.39, 0.29) is 18.5 Å². The molecule has 1 aliphatic rings. The van der Waals surface area contributed by atoms with Gasteiger partial charge in [-0.05, 0) is 19.3 Å². The number of hydrogen-bond acceptors (Lipinski definition) is 2. The van der Waals surface area contributed by atoms with Crippen LogP contribution in [0.1, 0.15) is 20.3 Å². The van der Waals surface area contributed by atoms with E-state index in [4.69, 9.17) is 5.11 Å². The van der Waals surface area contributed by atoms with Gasteiger partial charge in [-0.2, -0.15) is 0 Å². The number of carbonyl (C=O) groups is 2. The summed E-state index contributed by atoms with van der Waals surface area (Å²) in [5, 5.41) is 10.4. The van der Waals surface area contributed by atoms with Crippen molar-refractivity contribution in [2.75, 3.05) is 13.1 Å². The van der Waals surface area contributed by atoms with E-state index in [1.807, 2.05) is 6.92 Å². The zero-order chi connectivity index (χ0) is 10.7. The van der Waals surface area contributed by atoms with Crippen LogP contribution in [0.3, 0.4) is 0 Å². The lowest BCUT2D eigenvalue weighted by Crippen LogP contribution is -2.42. The van der Waals surface area contributed by atoms with Crippen LogP contribution in [0.5, 0.6) is 0 Å². The van der Waals surface area contributed by atoms with Crippen LogP contribution in [-0.4, -0.2) is 41.1 Å². The highest BCUT2D eigenvalue weighted by molar-refractivity contribution is 5.82. The number of nitrogens with zero attached hydrogens (tertiary/aromatic N) is 1. The van der Waals surface area contributed by atoms with E-state index < -0.39 is 6.09 Å². The number of hydrogen-bond donors (Lipinski definition) is 2. The van der Waals surface area contributed by atoms with Crippen LogP contribution >= 0.6 is 0 Å². The van der Waals surface area contributed by atoms with Gasteiger partial charge in [0.1, 0.15) is 6.54 Å². The summed E-state index contributed by atoms with van der Waals surface area (Å²) in [6.07, 6.45) is -0.154. The number of carbonyl (C=O) groups excluding carboxylic acids is 1. The Morgan fingerprint density at radius 1 is 1.50 bits per heavy atom. The molecule has 5 nitrogen and oxygen atoms in total. The van der Waals surface area contributed by atoms with Crippen molar-refractivity contribution in [3.05, 3.63) is 0 Å². The third kappa shape index (κ3) is 2.37. The van der Waals surface area contributed by atoms with Gasteiger partial charge in [-0.15, -0.1) is 0 Å². The average Bonchev–Trinajstić information content (AvgIpc) is 2.44. The normalized spacial score (nSPS) is 26.3. The number of nitrogens with one attached hydrogen (secondary N) is 1. The summed E-state index contributed by atoms with van der Waals surface area (Å²) in [5.41, 5.74) is 0. The van der Waals surface area contributed by atoms with Gasteiger partial charge in [0.15, 0.2) is 0 Å². The van der Waals surface area contributed by atoms with Crippen molar-refractivity contribution in [2.45, 2.75) is 26.3 Å². The van der Waals surface area contributed by atoms with Crippen LogP contribution in [0.4, 0.5) is 4.79 Å². The first-order chi connectivity index (χ1) is 6.52. The van der Waals surface area contributed by atoms with Crippen LogP contribution in [0.2, 0.25) is 0 Å². The van der Waals surface area contributed by atoms with Gasteiger partial charge in [-0.3, -0.25) is 4.79 Å². The number of amides is 2. The molecule has 5 heteroatoms. The van der Waals surface area contributed by atoms with Crippen molar-refractivity contribution in [1.82, 2.24) is 10.2 Å². The Bertz CT molecular complexity index is 242. The zero-order valence-corrected chi connectivity index (χ0v) is 8.49. The number of likely N-dealkylation sites (tertiary alicyclic amines) is 1. The summed E-state index contributed by atoms with van der Waals surface area (Å²) >= 11 is 0. The highest BCUT2D eigenvalue weighted by Gasteiger charge is 2.30. The fourth-order valence-corrected chi connectivity index (χ4v) is 1.70. The molecule has 2 atom stereocenters. The quantitative estimate of drug-likeness (QED) is 0.682. The molecule has 0 aromatic carbocycles. The topological polar surface area (TPSA) is 69.6 Å². The Balaban J connectivity index is 2.41. The van der Waals surface area contributed by atoms with Gasteiger partial charge in [0.25, 0.3) is 0 Å². The lowest BCUT2D eigenvalue weighted by Gasteiger charge is -2.23. The van der Waals surface area contributed by atoms with Gasteiger partial charge in [0, 0.05) is 12.6 Å². The van der Waals surface area contributed by atoms with Crippen LogP contribution < -0.4 is 5.32 Å². The Hall–Kier alpha value is -1.26. The van der Waals surface area contributed by atoms with E-state index >= 15 is 0 Å². The van der Waals surface area contributed by atoms with Crippen molar-refractivity contribution < 1.29 is 14.7 Å². The molecule has 0 aromatic rings. The lowest BCUT2D eigenvalue weighted by molar-refractivity contribution is -0.130. The Kier molecular flexibility index (Phi) is 3.33. The van der Waals surface area contributed by atoms with Crippen molar-refractivity contribution >= 4 is 12.0 Å². The van der Waals surface area contributed by atoms with Crippen LogP contribution in [-0.2, 0) is 4.79 Å². The predicted octanol–water partition coefficient (Wildman–Crippen LogP) is 0.511. The molecule has 0 unspecified atom stereocenters. The number of carboxylic acid groups (broad SMARTS) is 1. The molecular weight excluding hydrogens is 184 g/mol. The van der Waals surface area contributed by atoms with Gasteiger partial charge in [0.2, 0.25) is 5.91 Å². The van der Waals surface area contributed by atoms with Crippen molar-refractivity contribution in [1.29, 1.82) is 0 Å². The van der Waals surface area contributed by atoms with Gasteiger partial charge in [-0.1, -0.05) is 6.92 Å². The van der Waals surface area contributed by atoms with Crippen molar-refractivity contribution in [3.8, 4) is 0 Å². The average molecular weight is 200 g/mol. The smallest absolute Gasteiger partial charge is 0.405 e. The molecule has 0 aliphatic carbocycles. The summed E-state index contributed by atoms with van der Waals surface area (Å²) in [5.74, 6) is 0.369. The molecule has 1 saturated heterocycles. The van der Waals surface area contributed by atoms with Gasteiger partial charge in [-0.25, -0.2) is 4.79 Å². The Morgan fingerprint density at radius 2 is 2.14 bits per heavy atom. The largest absolute Gasteiger partial charge is 0.465 e. The van der Waals surface area contributed by atoms with Gasteiger partial charge < -0.3 is 15.3 Å². The molecule has 80 valence electrons. The minimum Gasteiger partial charge on any atom is -0.465 e. The maximum absolute atomic E-state index is 11.5. The molecule has 1 aliphatic heterocycles. The molecule has 0 bridgehead atoms. The van der Waals surface area contributed by atoms with Gasteiger partial charge >= 0.3 is 6.09 Å². The highest BCUT2D eigenvalue weighted by atomic mass is 16.4. The molecule has 2 amide bonds. The van der Waals surface area contributed by atoms with E-state index in [9.17, 15) is 9.59 Å². The zero-order valence-electron chi connectivity index (χ0n) is 8.49. The van der Waals surface area contributed by atoms with Crippen molar-refractivity contribution in [2.24, 2.45) is 5.92 Å². The molecule has 14 heavy (non-hydrogen) atoms. The maximum Gasteiger partial charge on any atom is 0.405 e. The minimum absolute atomic E-state index is 0.119. The summed E-state index contributed by atoms with van der Waals surface area (Å²) < 4.78 is 0. The first-order valence-electron chi connectivity index (χ1n) is 4.78. The number of rotatable bonds is 2. The molecule has 1 heterocycles. The van der Waals surface area contributed by atoms with Gasteiger partial charge in [0.05, 0.1) is 0 Å². The summed E-state index contributed by atoms with van der Waals surface area (Å²) in [4.78, 5) is 23.4. The molecule has 0 radical (unpaired) electrons. The SMILES string of the molecule is C[C@@H]1CCN(C(=O)CNC(=O)O)[C@@H]1C. The first-order valence-corrected chi connectivity index (χ1v) is 4.78. The maximum atomic E-state index is 11.5. The second-order valence-corrected chi connectivity index (χ2v) is 3.75. The third-order valence-electron chi connectivity index (χ3n) is 2.85.